The lowest BCUT2D eigenvalue weighted by Gasteiger charge is -2.10. The topological polar surface area (TPSA) is 43.4 Å². The van der Waals surface area contributed by atoms with Crippen LogP contribution in [0.2, 0.25) is 0 Å². The van der Waals surface area contributed by atoms with Gasteiger partial charge in [0.15, 0.2) is 11.5 Å². The van der Waals surface area contributed by atoms with Crippen molar-refractivity contribution in [2.75, 3.05) is 13.7 Å². The minimum atomic E-state index is 0.462. The van der Waals surface area contributed by atoms with Gasteiger partial charge in [0.05, 0.1) is 12.8 Å². The maximum absolute atomic E-state index is 5.81. The van der Waals surface area contributed by atoms with Crippen molar-refractivity contribution >= 4 is 11.3 Å². The van der Waals surface area contributed by atoms with Crippen molar-refractivity contribution in [1.82, 2.24) is 10.3 Å². The minimum Gasteiger partial charge on any atom is -0.493 e. The van der Waals surface area contributed by atoms with Crippen LogP contribution in [-0.4, -0.2) is 18.6 Å². The fourth-order valence-corrected chi connectivity index (χ4v) is 2.66. The zero-order chi connectivity index (χ0) is 15.1. The van der Waals surface area contributed by atoms with E-state index in [1.807, 2.05) is 30.5 Å². The van der Waals surface area contributed by atoms with E-state index in [0.717, 1.165) is 47.3 Å². The van der Waals surface area contributed by atoms with Crippen LogP contribution in [-0.2, 0) is 13.2 Å². The van der Waals surface area contributed by atoms with Crippen molar-refractivity contribution in [3.63, 3.8) is 0 Å². The number of aromatic nitrogens is 1. The summed E-state index contributed by atoms with van der Waals surface area (Å²) in [5.41, 5.74) is 2.10. The molecule has 0 radical (unpaired) electrons. The molecule has 2 rings (SSSR count). The zero-order valence-corrected chi connectivity index (χ0v) is 13.6. The molecular formula is C16H22N2O2S. The number of rotatable bonds is 8. The lowest BCUT2D eigenvalue weighted by atomic mass is 10.2. The predicted octanol–water partition coefficient (Wildman–Crippen LogP) is 3.54. The number of hydrogen-bond acceptors (Lipinski definition) is 5. The Balaban J connectivity index is 1.91. The van der Waals surface area contributed by atoms with E-state index >= 15 is 0 Å². The van der Waals surface area contributed by atoms with Crippen LogP contribution in [0.5, 0.6) is 11.5 Å². The van der Waals surface area contributed by atoms with Crippen LogP contribution >= 0.6 is 11.3 Å². The second-order valence-electron chi connectivity index (χ2n) is 4.85. The molecule has 1 heterocycles. The maximum Gasteiger partial charge on any atom is 0.161 e. The summed E-state index contributed by atoms with van der Waals surface area (Å²) in [5, 5.41) is 6.49. The molecule has 0 aliphatic rings. The molecular weight excluding hydrogens is 284 g/mol. The summed E-state index contributed by atoms with van der Waals surface area (Å²) in [5.74, 6) is 1.51. The Hall–Kier alpha value is -1.59. The molecule has 4 nitrogen and oxygen atoms in total. The maximum atomic E-state index is 5.81. The van der Waals surface area contributed by atoms with Gasteiger partial charge in [-0.2, -0.15) is 0 Å². The zero-order valence-electron chi connectivity index (χ0n) is 12.8. The fourth-order valence-electron chi connectivity index (χ4n) is 1.91. The second-order valence-corrected chi connectivity index (χ2v) is 5.80. The standard InChI is InChI=1S/C16H22N2O2S/c1-4-7-17-9-16-18-13(11-21-16)10-20-14-6-5-12(2)8-15(14)19-3/h5-6,8,11,17H,4,7,9-10H2,1-3H3. The monoisotopic (exact) mass is 306 g/mol. The molecule has 0 unspecified atom stereocenters. The van der Waals surface area contributed by atoms with Gasteiger partial charge >= 0.3 is 0 Å². The Kier molecular flexibility index (Phi) is 6.02. The van der Waals surface area contributed by atoms with Gasteiger partial charge in [-0.05, 0) is 37.6 Å². The Morgan fingerprint density at radius 1 is 1.29 bits per heavy atom. The Morgan fingerprint density at radius 2 is 2.14 bits per heavy atom. The van der Waals surface area contributed by atoms with E-state index in [-0.39, 0.29) is 0 Å². The first-order chi connectivity index (χ1) is 10.2. The third-order valence-corrected chi connectivity index (χ3v) is 3.89. The Bertz CT molecular complexity index is 569. The molecule has 0 saturated heterocycles. The average Bonchev–Trinajstić information content (AvgIpc) is 2.94. The van der Waals surface area contributed by atoms with Gasteiger partial charge < -0.3 is 14.8 Å². The normalized spacial score (nSPS) is 10.6. The quantitative estimate of drug-likeness (QED) is 0.758. The second kappa shape index (κ2) is 8.00. The number of benzene rings is 1. The van der Waals surface area contributed by atoms with E-state index in [4.69, 9.17) is 9.47 Å². The van der Waals surface area contributed by atoms with Crippen LogP contribution in [0.25, 0.3) is 0 Å². The smallest absolute Gasteiger partial charge is 0.161 e. The first-order valence-electron chi connectivity index (χ1n) is 7.14. The van der Waals surface area contributed by atoms with Crippen molar-refractivity contribution in [2.45, 2.75) is 33.4 Å². The Labute approximate surface area is 130 Å². The van der Waals surface area contributed by atoms with Crippen LogP contribution in [0.4, 0.5) is 0 Å². The van der Waals surface area contributed by atoms with Crippen LogP contribution < -0.4 is 14.8 Å². The SMILES string of the molecule is CCCNCc1nc(COc2ccc(C)cc2OC)cs1. The van der Waals surface area contributed by atoms with Gasteiger partial charge in [0, 0.05) is 11.9 Å². The summed E-state index contributed by atoms with van der Waals surface area (Å²) in [7, 11) is 1.65. The Morgan fingerprint density at radius 3 is 2.90 bits per heavy atom. The summed E-state index contributed by atoms with van der Waals surface area (Å²) in [6, 6.07) is 5.92. The van der Waals surface area contributed by atoms with E-state index < -0.39 is 0 Å². The molecule has 5 heteroatoms. The number of thiazole rings is 1. The summed E-state index contributed by atoms with van der Waals surface area (Å²) in [6.45, 7) is 6.49. The minimum absolute atomic E-state index is 0.462. The molecule has 0 bridgehead atoms. The molecule has 1 aromatic carbocycles. The lowest BCUT2D eigenvalue weighted by molar-refractivity contribution is 0.281. The first kappa shape index (κ1) is 15.8. The first-order valence-corrected chi connectivity index (χ1v) is 8.02. The van der Waals surface area contributed by atoms with Gasteiger partial charge in [0.2, 0.25) is 0 Å². The van der Waals surface area contributed by atoms with Crippen molar-refractivity contribution in [2.24, 2.45) is 0 Å². The number of nitrogens with one attached hydrogen (secondary N) is 1. The van der Waals surface area contributed by atoms with Crippen molar-refractivity contribution in [1.29, 1.82) is 0 Å². The molecule has 1 aromatic heterocycles. The summed E-state index contributed by atoms with van der Waals surface area (Å²) in [6.07, 6.45) is 1.13. The average molecular weight is 306 g/mol. The summed E-state index contributed by atoms with van der Waals surface area (Å²) >= 11 is 1.66. The number of methoxy groups -OCH3 is 1. The van der Waals surface area contributed by atoms with E-state index in [0.29, 0.717) is 6.61 Å². The lowest BCUT2D eigenvalue weighted by Crippen LogP contribution is -2.13. The van der Waals surface area contributed by atoms with E-state index in [9.17, 15) is 0 Å². The van der Waals surface area contributed by atoms with Gasteiger partial charge in [0.1, 0.15) is 11.6 Å². The van der Waals surface area contributed by atoms with Crippen molar-refractivity contribution in [3.8, 4) is 11.5 Å². The van der Waals surface area contributed by atoms with Crippen LogP contribution in [0.3, 0.4) is 0 Å². The van der Waals surface area contributed by atoms with E-state index in [2.05, 4.69) is 17.2 Å². The highest BCUT2D eigenvalue weighted by Crippen LogP contribution is 2.28. The molecule has 2 aromatic rings. The highest BCUT2D eigenvalue weighted by atomic mass is 32.1. The molecule has 1 N–H and O–H groups in total. The van der Waals surface area contributed by atoms with Crippen molar-refractivity contribution in [3.05, 3.63) is 39.8 Å². The van der Waals surface area contributed by atoms with Gasteiger partial charge in [-0.1, -0.05) is 13.0 Å². The molecule has 0 aliphatic carbocycles. The largest absolute Gasteiger partial charge is 0.493 e. The van der Waals surface area contributed by atoms with E-state index in [1.165, 1.54) is 0 Å². The van der Waals surface area contributed by atoms with Crippen LogP contribution in [0.1, 0.15) is 29.6 Å². The molecule has 114 valence electrons. The number of hydrogen-bond donors (Lipinski definition) is 1. The molecule has 0 amide bonds. The number of ether oxygens (including phenoxy) is 2. The van der Waals surface area contributed by atoms with Gasteiger partial charge in [-0.15, -0.1) is 11.3 Å². The van der Waals surface area contributed by atoms with Gasteiger partial charge in [0.25, 0.3) is 0 Å². The predicted molar refractivity (Wildman–Crippen MR) is 86.2 cm³/mol. The fraction of sp³-hybridized carbons (Fsp3) is 0.438. The molecule has 0 aliphatic heterocycles. The third-order valence-electron chi connectivity index (χ3n) is 3.00. The molecule has 0 spiro atoms. The molecule has 21 heavy (non-hydrogen) atoms. The van der Waals surface area contributed by atoms with Crippen LogP contribution in [0.15, 0.2) is 23.6 Å². The molecule has 0 fully saturated rings. The number of nitrogens with zero attached hydrogens (tertiary/aromatic N) is 1. The highest BCUT2D eigenvalue weighted by Gasteiger charge is 2.07. The van der Waals surface area contributed by atoms with Crippen molar-refractivity contribution < 1.29 is 9.47 Å². The van der Waals surface area contributed by atoms with E-state index in [1.54, 1.807) is 18.4 Å². The van der Waals surface area contributed by atoms with Gasteiger partial charge in [-0.3, -0.25) is 0 Å². The van der Waals surface area contributed by atoms with Gasteiger partial charge in [-0.25, -0.2) is 4.98 Å². The summed E-state index contributed by atoms with van der Waals surface area (Å²) < 4.78 is 11.1. The third kappa shape index (κ3) is 4.72. The molecule has 0 saturated carbocycles. The number of aryl methyl sites for hydroxylation is 1. The highest BCUT2D eigenvalue weighted by molar-refractivity contribution is 7.09. The van der Waals surface area contributed by atoms with Crippen LogP contribution in [0, 0.1) is 6.92 Å². The summed E-state index contributed by atoms with van der Waals surface area (Å²) in [4.78, 5) is 4.56. The molecule has 0 atom stereocenters.